The first-order valence-electron chi connectivity index (χ1n) is 6.31. The van der Waals surface area contributed by atoms with E-state index in [9.17, 15) is 19.5 Å². The first-order chi connectivity index (χ1) is 10.0. The molecule has 0 spiro atoms. The summed E-state index contributed by atoms with van der Waals surface area (Å²) >= 11 is 0. The van der Waals surface area contributed by atoms with Gasteiger partial charge in [0.25, 0.3) is 0 Å². The molecule has 1 unspecified atom stereocenters. The fourth-order valence-electron chi connectivity index (χ4n) is 2.50. The summed E-state index contributed by atoms with van der Waals surface area (Å²) in [6.45, 7) is 0. The average Bonchev–Trinajstić information content (AvgIpc) is 2.72. The van der Waals surface area contributed by atoms with Gasteiger partial charge in [-0.1, -0.05) is 12.1 Å². The van der Waals surface area contributed by atoms with Crippen LogP contribution in [0.3, 0.4) is 0 Å². The van der Waals surface area contributed by atoms with Crippen molar-refractivity contribution in [2.45, 2.75) is 0 Å². The summed E-state index contributed by atoms with van der Waals surface area (Å²) in [7, 11) is 0. The van der Waals surface area contributed by atoms with Gasteiger partial charge in [0.2, 0.25) is 0 Å². The fraction of sp³-hybridized carbons (Fsp3) is 0.0625. The molecular weight excluding hydrogens is 270 g/mol. The average molecular weight is 281 g/mol. The molecule has 0 aromatic heterocycles. The summed E-state index contributed by atoms with van der Waals surface area (Å²) in [5.74, 6) is -3.05. The van der Waals surface area contributed by atoms with Crippen LogP contribution in [0.5, 0.6) is 5.75 Å². The van der Waals surface area contributed by atoms with Crippen LogP contribution in [0.15, 0.2) is 42.5 Å². The van der Waals surface area contributed by atoms with Crippen molar-refractivity contribution in [1.29, 1.82) is 0 Å². The molecule has 0 saturated heterocycles. The molecule has 0 amide bonds. The second-order valence-corrected chi connectivity index (χ2v) is 4.84. The van der Waals surface area contributed by atoms with Gasteiger partial charge in [-0.2, -0.15) is 0 Å². The number of carbonyl (C=O) groups excluding carboxylic acids is 3. The third kappa shape index (κ3) is 1.90. The molecule has 0 saturated carbocycles. The molecule has 1 aliphatic carbocycles. The van der Waals surface area contributed by atoms with Crippen LogP contribution in [-0.4, -0.2) is 22.5 Å². The monoisotopic (exact) mass is 281 g/mol. The van der Waals surface area contributed by atoms with Crippen molar-refractivity contribution in [3.8, 4) is 5.75 Å². The largest absolute Gasteiger partial charge is 0.508 e. The van der Waals surface area contributed by atoms with Crippen molar-refractivity contribution < 1.29 is 19.5 Å². The van der Waals surface area contributed by atoms with E-state index in [2.05, 4.69) is 0 Å². The molecule has 1 atom stereocenters. The predicted octanol–water partition coefficient (Wildman–Crippen LogP) is 1.85. The number of nitrogens with two attached hydrogens (primary N) is 1. The predicted molar refractivity (Wildman–Crippen MR) is 75.4 cm³/mol. The number of rotatable bonds is 2. The van der Waals surface area contributed by atoms with Gasteiger partial charge in [0.1, 0.15) is 11.7 Å². The van der Waals surface area contributed by atoms with Crippen molar-refractivity contribution in [3.05, 3.63) is 59.2 Å². The van der Waals surface area contributed by atoms with Crippen LogP contribution in [0.25, 0.3) is 0 Å². The minimum absolute atomic E-state index is 0.00292. The first-order valence-corrected chi connectivity index (χ1v) is 6.31. The summed E-state index contributed by atoms with van der Waals surface area (Å²) < 4.78 is 0. The zero-order chi connectivity index (χ0) is 15.1. The number of anilines is 1. The van der Waals surface area contributed by atoms with E-state index in [1.807, 2.05) is 0 Å². The Labute approximate surface area is 120 Å². The van der Waals surface area contributed by atoms with E-state index in [4.69, 9.17) is 5.73 Å². The fourth-order valence-corrected chi connectivity index (χ4v) is 2.50. The van der Waals surface area contributed by atoms with Crippen molar-refractivity contribution in [3.63, 3.8) is 0 Å². The van der Waals surface area contributed by atoms with Gasteiger partial charge in [0.05, 0.1) is 5.56 Å². The molecule has 5 heteroatoms. The number of nitrogen functional groups attached to an aromatic ring is 1. The van der Waals surface area contributed by atoms with E-state index in [0.29, 0.717) is 0 Å². The maximum atomic E-state index is 12.4. The maximum absolute atomic E-state index is 12.4. The smallest absolute Gasteiger partial charge is 0.184 e. The SMILES string of the molecule is Nc1cccc2c1C(=O)C(C(=O)c1ccc(O)cc1)C2=O. The first kappa shape index (κ1) is 13.1. The lowest BCUT2D eigenvalue weighted by molar-refractivity contribution is 0.0757. The van der Waals surface area contributed by atoms with Crippen LogP contribution in [0.2, 0.25) is 0 Å². The van der Waals surface area contributed by atoms with Crippen LogP contribution in [-0.2, 0) is 0 Å². The van der Waals surface area contributed by atoms with E-state index in [1.165, 1.54) is 36.4 Å². The number of Topliss-reactive ketones (excluding diaryl/α,β-unsaturated/α-hetero) is 3. The van der Waals surface area contributed by atoms with Gasteiger partial charge in [-0.3, -0.25) is 14.4 Å². The van der Waals surface area contributed by atoms with Crippen molar-refractivity contribution >= 4 is 23.0 Å². The highest BCUT2D eigenvalue weighted by Crippen LogP contribution is 2.32. The van der Waals surface area contributed by atoms with Gasteiger partial charge in [-0.25, -0.2) is 0 Å². The quantitative estimate of drug-likeness (QED) is 0.497. The third-order valence-electron chi connectivity index (χ3n) is 3.55. The van der Waals surface area contributed by atoms with Crippen LogP contribution in [0, 0.1) is 5.92 Å². The molecule has 2 aromatic carbocycles. The lowest BCUT2D eigenvalue weighted by Crippen LogP contribution is -2.25. The maximum Gasteiger partial charge on any atom is 0.184 e. The van der Waals surface area contributed by atoms with Gasteiger partial charge < -0.3 is 10.8 Å². The molecule has 3 N–H and O–H groups in total. The van der Waals surface area contributed by atoms with Gasteiger partial charge in [0, 0.05) is 16.8 Å². The highest BCUT2D eigenvalue weighted by molar-refractivity contribution is 6.39. The molecule has 1 aliphatic rings. The summed E-state index contributed by atoms with van der Waals surface area (Å²) in [5.41, 5.74) is 6.45. The number of carbonyl (C=O) groups is 3. The normalized spacial score (nSPS) is 16.9. The molecule has 0 heterocycles. The molecule has 2 aromatic rings. The Hall–Kier alpha value is -2.95. The Kier molecular flexibility index (Phi) is 2.83. The van der Waals surface area contributed by atoms with Crippen LogP contribution in [0.1, 0.15) is 31.1 Å². The number of benzene rings is 2. The Morgan fingerprint density at radius 1 is 1.00 bits per heavy atom. The van der Waals surface area contributed by atoms with E-state index in [1.54, 1.807) is 6.07 Å². The highest BCUT2D eigenvalue weighted by Gasteiger charge is 2.44. The summed E-state index contributed by atoms with van der Waals surface area (Å²) in [6, 6.07) is 10.0. The van der Waals surface area contributed by atoms with Crippen LogP contribution in [0.4, 0.5) is 5.69 Å². The second-order valence-electron chi connectivity index (χ2n) is 4.84. The number of phenols is 1. The van der Waals surface area contributed by atoms with Crippen LogP contribution < -0.4 is 5.73 Å². The van der Waals surface area contributed by atoms with E-state index < -0.39 is 23.3 Å². The summed E-state index contributed by atoms with van der Waals surface area (Å²) in [6.07, 6.45) is 0. The highest BCUT2D eigenvalue weighted by atomic mass is 16.3. The summed E-state index contributed by atoms with van der Waals surface area (Å²) in [5, 5.41) is 9.22. The molecule has 0 radical (unpaired) electrons. The summed E-state index contributed by atoms with van der Waals surface area (Å²) in [4.78, 5) is 37.0. The molecule has 5 nitrogen and oxygen atoms in total. The van der Waals surface area contributed by atoms with Crippen molar-refractivity contribution in [1.82, 2.24) is 0 Å². The Morgan fingerprint density at radius 3 is 2.29 bits per heavy atom. The third-order valence-corrected chi connectivity index (χ3v) is 3.55. The Balaban J connectivity index is 2.04. The van der Waals surface area contributed by atoms with Gasteiger partial charge >= 0.3 is 0 Å². The van der Waals surface area contributed by atoms with Crippen LogP contribution >= 0.6 is 0 Å². The molecule has 0 bridgehead atoms. The standard InChI is InChI=1S/C16H11NO4/c17-11-3-1-2-10-12(11)16(21)13(15(10)20)14(19)8-4-6-9(18)7-5-8/h1-7,13,18H,17H2. The molecule has 0 aliphatic heterocycles. The lowest BCUT2D eigenvalue weighted by atomic mass is 9.93. The molecular formula is C16H11NO4. The van der Waals surface area contributed by atoms with Gasteiger partial charge in [-0.05, 0) is 30.3 Å². The molecule has 3 rings (SSSR count). The van der Waals surface area contributed by atoms with Gasteiger partial charge in [0.15, 0.2) is 17.3 Å². The lowest BCUT2D eigenvalue weighted by Gasteiger charge is -2.06. The zero-order valence-electron chi connectivity index (χ0n) is 10.9. The molecule has 104 valence electrons. The molecule has 21 heavy (non-hydrogen) atoms. The number of hydrogen-bond donors (Lipinski definition) is 2. The number of hydrogen-bond acceptors (Lipinski definition) is 5. The van der Waals surface area contributed by atoms with Crippen molar-refractivity contribution in [2.75, 3.05) is 5.73 Å². The Bertz CT molecular complexity index is 777. The zero-order valence-corrected chi connectivity index (χ0v) is 10.9. The number of phenolic OH excluding ortho intramolecular Hbond substituents is 1. The minimum Gasteiger partial charge on any atom is -0.508 e. The van der Waals surface area contributed by atoms with Gasteiger partial charge in [-0.15, -0.1) is 0 Å². The van der Waals surface area contributed by atoms with Crippen molar-refractivity contribution in [2.24, 2.45) is 5.92 Å². The topological polar surface area (TPSA) is 97.5 Å². The van der Waals surface area contributed by atoms with E-state index in [-0.39, 0.29) is 28.1 Å². The number of fused-ring (bicyclic) bond motifs is 1. The Morgan fingerprint density at radius 2 is 1.67 bits per heavy atom. The number of aromatic hydroxyl groups is 1. The molecule has 0 fully saturated rings. The van der Waals surface area contributed by atoms with E-state index >= 15 is 0 Å². The number of ketones is 3. The minimum atomic E-state index is -1.38. The van der Waals surface area contributed by atoms with E-state index in [0.717, 1.165) is 0 Å². The second kappa shape index (κ2) is 4.56.